The van der Waals surface area contributed by atoms with E-state index >= 15 is 0 Å². The number of anilines is 1. The minimum absolute atomic E-state index is 0.0991. The fraction of sp³-hybridized carbons (Fsp3) is 0.385. The highest BCUT2D eigenvalue weighted by molar-refractivity contribution is 7.14. The van der Waals surface area contributed by atoms with Crippen molar-refractivity contribution in [3.8, 4) is 0 Å². The number of nitrogens with zero attached hydrogens (tertiary/aromatic N) is 1. The number of aromatic amines is 1. The van der Waals surface area contributed by atoms with Crippen molar-refractivity contribution in [1.29, 1.82) is 0 Å². The van der Waals surface area contributed by atoms with Crippen molar-refractivity contribution in [2.45, 2.75) is 33.6 Å². The van der Waals surface area contributed by atoms with E-state index in [4.69, 9.17) is 0 Å². The number of aryl methyl sites for hydroxylation is 2. The second-order valence-electron chi connectivity index (χ2n) is 4.67. The van der Waals surface area contributed by atoms with Crippen LogP contribution in [-0.4, -0.2) is 16.1 Å². The van der Waals surface area contributed by atoms with Gasteiger partial charge in [-0.1, -0.05) is 13.8 Å². The van der Waals surface area contributed by atoms with E-state index < -0.39 is 0 Å². The molecule has 0 radical (unpaired) electrons. The summed E-state index contributed by atoms with van der Waals surface area (Å²) in [5, 5.41) is 9.80. The Bertz CT molecular complexity index is 549. The first kappa shape index (κ1) is 12.8. The largest absolute Gasteiger partial charge is 0.304 e. The number of carbonyl (C=O) groups is 1. The number of aromatic nitrogens is 2. The molecule has 0 aliphatic rings. The van der Waals surface area contributed by atoms with Gasteiger partial charge in [0.1, 0.15) is 0 Å². The van der Waals surface area contributed by atoms with E-state index in [9.17, 15) is 4.79 Å². The van der Waals surface area contributed by atoms with E-state index in [0.717, 1.165) is 16.1 Å². The number of thiophene rings is 1. The minimum Gasteiger partial charge on any atom is -0.304 e. The molecule has 0 aliphatic carbocycles. The van der Waals surface area contributed by atoms with Gasteiger partial charge in [0.15, 0.2) is 5.82 Å². The van der Waals surface area contributed by atoms with E-state index in [0.29, 0.717) is 11.7 Å². The third kappa shape index (κ3) is 2.61. The number of amides is 1. The number of carbonyl (C=O) groups excluding carboxylic acids is 1. The molecular weight excluding hydrogens is 246 g/mol. The van der Waals surface area contributed by atoms with Gasteiger partial charge < -0.3 is 5.32 Å². The molecule has 5 heteroatoms. The number of rotatable bonds is 3. The molecule has 2 aromatic heterocycles. The maximum atomic E-state index is 12.0. The van der Waals surface area contributed by atoms with E-state index in [1.54, 1.807) is 0 Å². The average molecular weight is 263 g/mol. The molecule has 2 N–H and O–H groups in total. The Kier molecular flexibility index (Phi) is 3.52. The summed E-state index contributed by atoms with van der Waals surface area (Å²) < 4.78 is 0. The Morgan fingerprint density at radius 2 is 2.11 bits per heavy atom. The van der Waals surface area contributed by atoms with Gasteiger partial charge in [-0.05, 0) is 31.4 Å². The molecule has 4 nitrogen and oxygen atoms in total. The minimum atomic E-state index is -0.0991. The number of H-pyrrole nitrogens is 1. The highest BCUT2D eigenvalue weighted by atomic mass is 32.1. The summed E-state index contributed by atoms with van der Waals surface area (Å²) in [5.74, 6) is 0.847. The highest BCUT2D eigenvalue weighted by Gasteiger charge is 2.12. The molecule has 0 aliphatic heterocycles. The molecule has 0 bridgehead atoms. The Morgan fingerprint density at radius 3 is 2.61 bits per heavy atom. The lowest BCUT2D eigenvalue weighted by Gasteiger charge is -1.98. The number of nitrogens with one attached hydrogen (secondary N) is 2. The van der Waals surface area contributed by atoms with Crippen molar-refractivity contribution in [2.24, 2.45) is 0 Å². The van der Waals surface area contributed by atoms with E-state index in [-0.39, 0.29) is 5.91 Å². The lowest BCUT2D eigenvalue weighted by molar-refractivity contribution is 0.103. The monoisotopic (exact) mass is 263 g/mol. The van der Waals surface area contributed by atoms with Crippen molar-refractivity contribution in [3.05, 3.63) is 33.1 Å². The molecule has 2 heterocycles. The molecule has 96 valence electrons. The van der Waals surface area contributed by atoms with Crippen molar-refractivity contribution in [1.82, 2.24) is 10.2 Å². The summed E-state index contributed by atoms with van der Waals surface area (Å²) in [6.45, 7) is 8.17. The third-order valence-corrected chi connectivity index (χ3v) is 4.00. The zero-order valence-corrected chi connectivity index (χ0v) is 11.8. The fourth-order valence-corrected chi connectivity index (χ4v) is 2.49. The predicted octanol–water partition coefficient (Wildman–Crippen LogP) is 3.46. The molecular formula is C13H17N3OS. The van der Waals surface area contributed by atoms with Crippen LogP contribution in [0.1, 0.15) is 45.6 Å². The van der Waals surface area contributed by atoms with E-state index in [2.05, 4.69) is 29.4 Å². The van der Waals surface area contributed by atoms with E-state index in [1.807, 2.05) is 26.0 Å². The van der Waals surface area contributed by atoms with Crippen molar-refractivity contribution in [3.63, 3.8) is 0 Å². The molecule has 0 saturated carbocycles. The van der Waals surface area contributed by atoms with Gasteiger partial charge in [0.2, 0.25) is 0 Å². The standard InChI is InChI=1S/C13H17N3OS/c1-7(2)10-6-12(16-15-10)14-13(17)11-5-8(3)9(4)18-11/h5-7H,1-4H3,(H2,14,15,16,17). The molecule has 2 aromatic rings. The summed E-state index contributed by atoms with van der Waals surface area (Å²) in [6.07, 6.45) is 0. The summed E-state index contributed by atoms with van der Waals surface area (Å²) in [5.41, 5.74) is 2.17. The Labute approximate surface area is 110 Å². The van der Waals surface area contributed by atoms with Crippen LogP contribution in [0, 0.1) is 13.8 Å². The van der Waals surface area contributed by atoms with Crippen LogP contribution in [0.5, 0.6) is 0 Å². The van der Waals surface area contributed by atoms with Crippen molar-refractivity contribution >= 4 is 23.1 Å². The smallest absolute Gasteiger partial charge is 0.266 e. The summed E-state index contributed by atoms with van der Waals surface area (Å²) in [6, 6.07) is 3.78. The van der Waals surface area contributed by atoms with Gasteiger partial charge in [0.05, 0.1) is 4.88 Å². The lowest BCUT2D eigenvalue weighted by atomic mass is 10.1. The first-order valence-corrected chi connectivity index (χ1v) is 6.72. The van der Waals surface area contributed by atoms with Crippen molar-refractivity contribution in [2.75, 3.05) is 5.32 Å². The third-order valence-electron chi connectivity index (χ3n) is 2.85. The van der Waals surface area contributed by atoms with Gasteiger partial charge in [0.25, 0.3) is 5.91 Å². The molecule has 1 amide bonds. The molecule has 0 atom stereocenters. The number of hydrogen-bond acceptors (Lipinski definition) is 3. The van der Waals surface area contributed by atoms with Gasteiger partial charge in [-0.2, -0.15) is 5.10 Å². The fourth-order valence-electron chi connectivity index (χ4n) is 1.56. The number of hydrogen-bond donors (Lipinski definition) is 2. The maximum absolute atomic E-state index is 12.0. The molecule has 0 spiro atoms. The molecule has 18 heavy (non-hydrogen) atoms. The van der Waals surface area contributed by atoms with Gasteiger partial charge in [-0.15, -0.1) is 11.3 Å². The van der Waals surface area contributed by atoms with Crippen molar-refractivity contribution < 1.29 is 4.79 Å². The maximum Gasteiger partial charge on any atom is 0.266 e. The first-order chi connectivity index (χ1) is 8.47. The zero-order valence-electron chi connectivity index (χ0n) is 11.0. The first-order valence-electron chi connectivity index (χ1n) is 5.91. The molecule has 0 saturated heterocycles. The summed E-state index contributed by atoms with van der Waals surface area (Å²) >= 11 is 1.50. The van der Waals surface area contributed by atoms with Gasteiger partial charge >= 0.3 is 0 Å². The van der Waals surface area contributed by atoms with Crippen LogP contribution in [0.4, 0.5) is 5.82 Å². The normalized spacial score (nSPS) is 10.9. The lowest BCUT2D eigenvalue weighted by Crippen LogP contribution is -2.10. The summed E-state index contributed by atoms with van der Waals surface area (Å²) in [4.78, 5) is 13.9. The Hall–Kier alpha value is -1.62. The highest BCUT2D eigenvalue weighted by Crippen LogP contribution is 2.22. The Morgan fingerprint density at radius 1 is 1.39 bits per heavy atom. The second kappa shape index (κ2) is 4.94. The quantitative estimate of drug-likeness (QED) is 0.891. The van der Waals surface area contributed by atoms with Gasteiger partial charge in [-0.25, -0.2) is 0 Å². The van der Waals surface area contributed by atoms with Crippen LogP contribution in [0.25, 0.3) is 0 Å². The molecule has 2 rings (SSSR count). The molecule has 0 aromatic carbocycles. The van der Waals surface area contributed by atoms with Crippen LogP contribution in [0.3, 0.4) is 0 Å². The van der Waals surface area contributed by atoms with Crippen LogP contribution in [0.2, 0.25) is 0 Å². The second-order valence-corrected chi connectivity index (χ2v) is 5.92. The van der Waals surface area contributed by atoms with Crippen LogP contribution in [0.15, 0.2) is 12.1 Å². The molecule has 0 unspecified atom stereocenters. The predicted molar refractivity (Wildman–Crippen MR) is 74.4 cm³/mol. The van der Waals surface area contributed by atoms with Crippen LogP contribution < -0.4 is 5.32 Å². The average Bonchev–Trinajstić information content (AvgIpc) is 2.87. The van der Waals surface area contributed by atoms with Gasteiger partial charge in [-0.3, -0.25) is 9.89 Å². The van der Waals surface area contributed by atoms with Crippen LogP contribution in [-0.2, 0) is 0 Å². The van der Waals surface area contributed by atoms with Gasteiger partial charge in [0, 0.05) is 16.6 Å². The summed E-state index contributed by atoms with van der Waals surface area (Å²) in [7, 11) is 0. The zero-order chi connectivity index (χ0) is 13.3. The topological polar surface area (TPSA) is 57.8 Å². The Balaban J connectivity index is 2.11. The van der Waals surface area contributed by atoms with Crippen LogP contribution >= 0.6 is 11.3 Å². The SMILES string of the molecule is Cc1cc(C(=O)Nc2cc(C(C)C)[nH]n2)sc1C. The molecule has 0 fully saturated rings. The van der Waals surface area contributed by atoms with E-state index in [1.165, 1.54) is 16.2 Å².